The summed E-state index contributed by atoms with van der Waals surface area (Å²) in [6.45, 7) is 0. The second kappa shape index (κ2) is 14.0. The molecule has 0 fully saturated rings. The van der Waals surface area contributed by atoms with Gasteiger partial charge in [0.15, 0.2) is 8.07 Å². The van der Waals surface area contributed by atoms with Crippen LogP contribution in [0, 0.1) is 0 Å². The zero-order valence-electron chi connectivity index (χ0n) is 31.7. The predicted molar refractivity (Wildman–Crippen MR) is 246 cm³/mol. The van der Waals surface area contributed by atoms with Gasteiger partial charge in [0.1, 0.15) is 11.2 Å². The highest BCUT2D eigenvalue weighted by Gasteiger charge is 2.49. The number of para-hydroxylation sites is 4. The number of fused-ring (bicyclic) bond motifs is 6. The maximum Gasteiger partial charge on any atom is 0.180 e. The van der Waals surface area contributed by atoms with Crippen molar-refractivity contribution in [1.82, 2.24) is 0 Å². The molecule has 0 saturated heterocycles. The van der Waals surface area contributed by atoms with Gasteiger partial charge < -0.3 is 14.2 Å². The van der Waals surface area contributed by atoms with Gasteiger partial charge in [-0.1, -0.05) is 146 Å². The number of benzene rings is 9. The summed E-state index contributed by atoms with van der Waals surface area (Å²) in [6.07, 6.45) is 0. The molecule has 1 aromatic heterocycles. The SMILES string of the molecule is c1ccc(N(c2ccccc2)c2ccc3c(c2)[Si](c2ccccc2)(c2ccccc2)c2ccc(N(c4ccccc4)c4ccc5oc6ccccc6c5c4)cc2-3)cc1. The van der Waals surface area contributed by atoms with Crippen LogP contribution in [0.4, 0.5) is 34.1 Å². The van der Waals surface area contributed by atoms with Gasteiger partial charge in [-0.05, 0) is 117 Å². The highest BCUT2D eigenvalue weighted by atomic mass is 28.3. The first kappa shape index (κ1) is 33.9. The summed E-state index contributed by atoms with van der Waals surface area (Å²) in [5.74, 6) is 0. The Morgan fingerprint density at radius 1 is 0.293 bits per heavy atom. The van der Waals surface area contributed by atoms with E-state index in [1.54, 1.807) is 0 Å². The van der Waals surface area contributed by atoms with E-state index in [0.717, 1.165) is 56.1 Å². The molecule has 9 aromatic carbocycles. The average molecular weight is 759 g/mol. The van der Waals surface area contributed by atoms with Crippen molar-refractivity contribution < 1.29 is 4.42 Å². The summed E-state index contributed by atoms with van der Waals surface area (Å²) >= 11 is 0. The third-order valence-electron chi connectivity index (χ3n) is 11.7. The lowest BCUT2D eigenvalue weighted by atomic mass is 10.0. The van der Waals surface area contributed by atoms with Gasteiger partial charge in [-0.25, -0.2) is 0 Å². The Kier molecular flexibility index (Phi) is 8.16. The minimum atomic E-state index is -2.84. The summed E-state index contributed by atoms with van der Waals surface area (Å²) < 4.78 is 6.27. The van der Waals surface area contributed by atoms with Crippen molar-refractivity contribution in [3.8, 4) is 11.1 Å². The van der Waals surface area contributed by atoms with Crippen LogP contribution in [-0.4, -0.2) is 8.07 Å². The Morgan fingerprint density at radius 2 is 0.741 bits per heavy atom. The van der Waals surface area contributed by atoms with Gasteiger partial charge in [0.25, 0.3) is 0 Å². The van der Waals surface area contributed by atoms with Gasteiger partial charge in [-0.2, -0.15) is 0 Å². The molecule has 4 heteroatoms. The van der Waals surface area contributed by atoms with Crippen molar-refractivity contribution in [1.29, 1.82) is 0 Å². The van der Waals surface area contributed by atoms with Crippen LogP contribution < -0.4 is 30.5 Å². The molecule has 10 aromatic rings. The molecule has 1 aliphatic rings. The molecule has 0 spiro atoms. The van der Waals surface area contributed by atoms with Gasteiger partial charge in [0, 0.05) is 44.9 Å². The fourth-order valence-corrected chi connectivity index (χ4v) is 14.4. The molecule has 0 bridgehead atoms. The Morgan fingerprint density at radius 3 is 1.34 bits per heavy atom. The molecule has 0 N–H and O–H groups in total. The highest BCUT2D eigenvalue weighted by Crippen LogP contribution is 2.42. The fraction of sp³-hybridized carbons (Fsp3) is 0. The van der Waals surface area contributed by atoms with E-state index in [-0.39, 0.29) is 0 Å². The van der Waals surface area contributed by atoms with Crippen LogP contribution in [0.15, 0.2) is 235 Å². The lowest BCUT2D eigenvalue weighted by Gasteiger charge is -2.33. The number of anilines is 6. The van der Waals surface area contributed by atoms with Crippen molar-refractivity contribution in [3.05, 3.63) is 231 Å². The maximum atomic E-state index is 6.27. The van der Waals surface area contributed by atoms with Gasteiger partial charge in [0.05, 0.1) is 0 Å². The van der Waals surface area contributed by atoms with E-state index in [1.807, 2.05) is 12.1 Å². The Hall–Kier alpha value is -7.40. The standard InChI is InChI=1S/C54H38N2OSi/c1-6-18-39(19-7-1)55(40-20-8-2-9-21-40)44-30-33-48-50-37-43(32-35-53(50)58(54(48)38-44,45-24-12-4-13-25-45)46-26-14-5-15-27-46)56(41-22-10-3-11-23-41)42-31-34-52-49(36-42)47-28-16-17-29-51(47)57-52/h1-38H. The molecule has 0 amide bonds. The first-order valence-corrected chi connectivity index (χ1v) is 21.8. The van der Waals surface area contributed by atoms with E-state index in [1.165, 1.54) is 31.9 Å². The molecule has 274 valence electrons. The van der Waals surface area contributed by atoms with Crippen LogP contribution in [0.3, 0.4) is 0 Å². The Labute approximate surface area is 339 Å². The van der Waals surface area contributed by atoms with Gasteiger partial charge >= 0.3 is 0 Å². The molecule has 2 heterocycles. The quantitative estimate of drug-likeness (QED) is 0.144. The normalized spacial score (nSPS) is 12.6. The van der Waals surface area contributed by atoms with E-state index in [9.17, 15) is 0 Å². The number of furan rings is 1. The summed E-state index contributed by atoms with van der Waals surface area (Å²) in [5.41, 5.74) is 11.0. The second-order valence-corrected chi connectivity index (χ2v) is 18.6. The van der Waals surface area contributed by atoms with Gasteiger partial charge in [-0.3, -0.25) is 0 Å². The highest BCUT2D eigenvalue weighted by molar-refractivity contribution is 7.22. The lowest BCUT2D eigenvalue weighted by molar-refractivity contribution is 0.669. The van der Waals surface area contributed by atoms with Crippen molar-refractivity contribution >= 4 is 84.9 Å². The molecule has 1 aliphatic heterocycles. The predicted octanol–water partition coefficient (Wildman–Crippen LogP) is 11.9. The summed E-state index contributed by atoms with van der Waals surface area (Å²) in [7, 11) is -2.84. The summed E-state index contributed by atoms with van der Waals surface area (Å²) in [4.78, 5) is 4.77. The average Bonchev–Trinajstić information content (AvgIpc) is 3.81. The van der Waals surface area contributed by atoms with Crippen molar-refractivity contribution in [2.75, 3.05) is 9.80 Å². The second-order valence-electron chi connectivity index (χ2n) is 14.9. The monoisotopic (exact) mass is 758 g/mol. The first-order chi connectivity index (χ1) is 28.8. The summed E-state index contributed by atoms with van der Waals surface area (Å²) in [5, 5.41) is 7.75. The zero-order chi connectivity index (χ0) is 38.5. The van der Waals surface area contributed by atoms with Crippen molar-refractivity contribution in [3.63, 3.8) is 0 Å². The lowest BCUT2D eigenvalue weighted by Crippen LogP contribution is -2.72. The third kappa shape index (κ3) is 5.41. The van der Waals surface area contributed by atoms with E-state index < -0.39 is 8.07 Å². The zero-order valence-corrected chi connectivity index (χ0v) is 32.7. The topological polar surface area (TPSA) is 19.6 Å². The number of hydrogen-bond acceptors (Lipinski definition) is 3. The third-order valence-corrected chi connectivity index (χ3v) is 16.6. The Bertz CT molecular complexity index is 2980. The molecule has 3 nitrogen and oxygen atoms in total. The van der Waals surface area contributed by atoms with Crippen LogP contribution in [-0.2, 0) is 0 Å². The summed E-state index contributed by atoms with van der Waals surface area (Å²) in [6, 6.07) is 83.9. The molecule has 0 aliphatic carbocycles. The minimum absolute atomic E-state index is 0.887. The maximum absolute atomic E-state index is 6.27. The molecule has 0 atom stereocenters. The number of rotatable bonds is 8. The van der Waals surface area contributed by atoms with E-state index in [4.69, 9.17) is 4.42 Å². The van der Waals surface area contributed by atoms with Gasteiger partial charge in [0.2, 0.25) is 0 Å². The molecule has 0 unspecified atom stereocenters. The number of nitrogens with zero attached hydrogens (tertiary/aromatic N) is 2. The molecule has 0 saturated carbocycles. The molecule has 58 heavy (non-hydrogen) atoms. The largest absolute Gasteiger partial charge is 0.456 e. The van der Waals surface area contributed by atoms with Crippen LogP contribution in [0.1, 0.15) is 0 Å². The molecule has 11 rings (SSSR count). The van der Waals surface area contributed by atoms with E-state index >= 15 is 0 Å². The smallest absolute Gasteiger partial charge is 0.180 e. The van der Waals surface area contributed by atoms with Crippen LogP contribution in [0.2, 0.25) is 0 Å². The van der Waals surface area contributed by atoms with Crippen LogP contribution >= 0.6 is 0 Å². The molecular weight excluding hydrogens is 721 g/mol. The molecule has 0 radical (unpaired) electrons. The van der Waals surface area contributed by atoms with Crippen molar-refractivity contribution in [2.24, 2.45) is 0 Å². The van der Waals surface area contributed by atoms with Gasteiger partial charge in [-0.15, -0.1) is 0 Å². The first-order valence-electron chi connectivity index (χ1n) is 19.8. The minimum Gasteiger partial charge on any atom is -0.456 e. The van der Waals surface area contributed by atoms with Crippen LogP contribution in [0.5, 0.6) is 0 Å². The van der Waals surface area contributed by atoms with Crippen molar-refractivity contribution in [2.45, 2.75) is 0 Å². The fourth-order valence-electron chi connectivity index (χ4n) is 9.23. The van der Waals surface area contributed by atoms with E-state index in [0.29, 0.717) is 0 Å². The Balaban J connectivity index is 1.17. The molecular formula is C54H38N2OSi. The van der Waals surface area contributed by atoms with Crippen LogP contribution in [0.25, 0.3) is 33.1 Å². The van der Waals surface area contributed by atoms with E-state index in [2.05, 4.69) is 228 Å². The number of hydrogen-bond donors (Lipinski definition) is 0.